The highest BCUT2D eigenvalue weighted by atomic mass is 79.9. The number of carbonyl (C=O) groups is 1. The zero-order valence-electron chi connectivity index (χ0n) is 9.47. The molecule has 1 aromatic carbocycles. The molecule has 0 saturated heterocycles. The lowest BCUT2D eigenvalue weighted by atomic mass is 10.1. The topological polar surface area (TPSA) is 29.1 Å². The van der Waals surface area contributed by atoms with Crippen molar-refractivity contribution in [1.29, 1.82) is 0 Å². The second-order valence-corrected chi connectivity index (χ2v) is 5.80. The molecule has 17 heavy (non-hydrogen) atoms. The van der Waals surface area contributed by atoms with Gasteiger partial charge in [-0.1, -0.05) is 50.4 Å². The highest BCUT2D eigenvalue weighted by Crippen LogP contribution is 2.21. The first-order valence-electron chi connectivity index (χ1n) is 5.40. The fraction of sp³-hybridized carbons (Fsp3) is 0.417. The van der Waals surface area contributed by atoms with Crippen molar-refractivity contribution >= 4 is 49.4 Å². The van der Waals surface area contributed by atoms with E-state index in [0.717, 1.165) is 22.6 Å². The average molecular weight is 384 g/mol. The van der Waals surface area contributed by atoms with Crippen LogP contribution >= 0.6 is 43.5 Å². The van der Waals surface area contributed by atoms with Crippen LogP contribution in [0, 0.1) is 0 Å². The summed E-state index contributed by atoms with van der Waals surface area (Å²) in [6, 6.07) is 5.44. The first-order valence-corrected chi connectivity index (χ1v) is 7.69. The lowest BCUT2D eigenvalue weighted by Crippen LogP contribution is -2.34. The third-order valence-corrected chi connectivity index (χ3v) is 3.74. The molecular weight excluding hydrogens is 369 g/mol. The molecular formula is C12H14Br2ClNO. The fourth-order valence-electron chi connectivity index (χ4n) is 1.44. The van der Waals surface area contributed by atoms with Gasteiger partial charge in [0.2, 0.25) is 0 Å². The minimum Gasteiger partial charge on any atom is -0.349 e. The number of alkyl halides is 1. The van der Waals surface area contributed by atoms with Crippen LogP contribution in [0.25, 0.3) is 0 Å². The van der Waals surface area contributed by atoms with Crippen molar-refractivity contribution in [2.24, 2.45) is 0 Å². The van der Waals surface area contributed by atoms with Crippen molar-refractivity contribution in [3.05, 3.63) is 33.3 Å². The summed E-state index contributed by atoms with van der Waals surface area (Å²) in [5.74, 6) is -0.121. The van der Waals surface area contributed by atoms with Gasteiger partial charge in [-0.25, -0.2) is 0 Å². The molecule has 94 valence electrons. The van der Waals surface area contributed by atoms with Crippen LogP contribution in [0.4, 0.5) is 0 Å². The van der Waals surface area contributed by atoms with Gasteiger partial charge in [-0.2, -0.15) is 0 Å². The van der Waals surface area contributed by atoms with Gasteiger partial charge >= 0.3 is 0 Å². The smallest absolute Gasteiger partial charge is 0.253 e. The summed E-state index contributed by atoms with van der Waals surface area (Å²) in [6.07, 6.45) is 1.82. The van der Waals surface area contributed by atoms with Crippen molar-refractivity contribution in [3.63, 3.8) is 0 Å². The molecule has 0 bridgehead atoms. The number of hydrogen-bond donors (Lipinski definition) is 1. The Labute approximate surface area is 123 Å². The van der Waals surface area contributed by atoms with Gasteiger partial charge < -0.3 is 5.32 Å². The molecule has 0 heterocycles. The molecule has 0 aliphatic heterocycles. The highest BCUT2D eigenvalue weighted by molar-refractivity contribution is 9.10. The number of amides is 1. The van der Waals surface area contributed by atoms with Crippen LogP contribution < -0.4 is 5.32 Å². The Morgan fingerprint density at radius 3 is 2.82 bits per heavy atom. The Kier molecular flexibility index (Phi) is 6.52. The second-order valence-electron chi connectivity index (χ2n) is 3.68. The molecule has 1 rings (SSSR count). The van der Waals surface area contributed by atoms with Crippen LogP contribution in [-0.4, -0.2) is 17.3 Å². The van der Waals surface area contributed by atoms with Crippen LogP contribution in [0.15, 0.2) is 22.7 Å². The summed E-state index contributed by atoms with van der Waals surface area (Å²) < 4.78 is 0.848. The van der Waals surface area contributed by atoms with E-state index in [2.05, 4.69) is 44.1 Å². The van der Waals surface area contributed by atoms with Crippen molar-refractivity contribution in [2.45, 2.75) is 25.8 Å². The normalized spacial score (nSPS) is 12.2. The summed E-state index contributed by atoms with van der Waals surface area (Å²) in [4.78, 5) is 12.0. The van der Waals surface area contributed by atoms with E-state index in [4.69, 9.17) is 11.6 Å². The van der Waals surface area contributed by atoms with Crippen molar-refractivity contribution in [3.8, 4) is 0 Å². The Morgan fingerprint density at radius 1 is 1.53 bits per heavy atom. The highest BCUT2D eigenvalue weighted by Gasteiger charge is 2.14. The molecule has 1 amide bonds. The largest absolute Gasteiger partial charge is 0.349 e. The molecule has 0 aliphatic carbocycles. The molecule has 1 unspecified atom stereocenters. The van der Waals surface area contributed by atoms with E-state index in [0.29, 0.717) is 10.6 Å². The Hall–Kier alpha value is -0.0600. The summed E-state index contributed by atoms with van der Waals surface area (Å²) >= 11 is 12.7. The maximum atomic E-state index is 12.0. The zero-order chi connectivity index (χ0) is 12.8. The number of carbonyl (C=O) groups excluding carboxylic acids is 1. The minimum absolute atomic E-state index is 0.121. The van der Waals surface area contributed by atoms with Gasteiger partial charge in [0.05, 0.1) is 10.6 Å². The fourth-order valence-corrected chi connectivity index (χ4v) is 2.56. The van der Waals surface area contributed by atoms with Crippen LogP contribution in [0.3, 0.4) is 0 Å². The molecule has 0 spiro atoms. The standard InChI is InChI=1S/C12H14Br2ClNO/c1-2-9(5-6-13)16-12(17)10-7-8(14)3-4-11(10)15/h3-4,7,9H,2,5-6H2,1H3,(H,16,17). The summed E-state index contributed by atoms with van der Waals surface area (Å²) in [5.41, 5.74) is 0.508. The predicted octanol–water partition coefficient (Wildman–Crippen LogP) is 4.40. The SMILES string of the molecule is CCC(CCBr)NC(=O)c1cc(Br)ccc1Cl. The van der Waals surface area contributed by atoms with Gasteiger partial charge in [0.15, 0.2) is 0 Å². The van der Waals surface area contributed by atoms with E-state index in [9.17, 15) is 4.79 Å². The lowest BCUT2D eigenvalue weighted by Gasteiger charge is -2.16. The third-order valence-electron chi connectivity index (χ3n) is 2.46. The Morgan fingerprint density at radius 2 is 2.24 bits per heavy atom. The first-order chi connectivity index (χ1) is 8.08. The Balaban J connectivity index is 2.78. The van der Waals surface area contributed by atoms with E-state index >= 15 is 0 Å². The van der Waals surface area contributed by atoms with E-state index < -0.39 is 0 Å². The molecule has 0 aliphatic rings. The molecule has 0 radical (unpaired) electrons. The quantitative estimate of drug-likeness (QED) is 0.751. The summed E-state index contributed by atoms with van der Waals surface area (Å²) in [5, 5.41) is 4.32. The van der Waals surface area contributed by atoms with Crippen LogP contribution in [0.2, 0.25) is 5.02 Å². The first kappa shape index (κ1) is 15.0. The average Bonchev–Trinajstić information content (AvgIpc) is 2.31. The zero-order valence-corrected chi connectivity index (χ0v) is 13.4. The van der Waals surface area contributed by atoms with E-state index in [1.807, 2.05) is 6.07 Å². The van der Waals surface area contributed by atoms with Crippen LogP contribution in [0.5, 0.6) is 0 Å². The minimum atomic E-state index is -0.121. The number of rotatable bonds is 5. The summed E-state index contributed by atoms with van der Waals surface area (Å²) in [6.45, 7) is 2.05. The maximum Gasteiger partial charge on any atom is 0.253 e. The molecule has 1 atom stereocenters. The van der Waals surface area contributed by atoms with Gasteiger partial charge in [0, 0.05) is 15.8 Å². The number of halogens is 3. The molecule has 1 N–H and O–H groups in total. The van der Waals surface area contributed by atoms with Crippen LogP contribution in [-0.2, 0) is 0 Å². The predicted molar refractivity (Wildman–Crippen MR) is 79.1 cm³/mol. The number of nitrogens with one attached hydrogen (secondary N) is 1. The van der Waals surface area contributed by atoms with Crippen molar-refractivity contribution in [2.75, 3.05) is 5.33 Å². The monoisotopic (exact) mass is 381 g/mol. The van der Waals surface area contributed by atoms with Crippen LogP contribution in [0.1, 0.15) is 30.1 Å². The maximum absolute atomic E-state index is 12.0. The van der Waals surface area contributed by atoms with Crippen molar-refractivity contribution in [1.82, 2.24) is 5.32 Å². The molecule has 0 saturated carbocycles. The van der Waals surface area contributed by atoms with E-state index in [1.165, 1.54) is 0 Å². The number of hydrogen-bond acceptors (Lipinski definition) is 1. The van der Waals surface area contributed by atoms with Gasteiger partial charge in [0.25, 0.3) is 5.91 Å². The van der Waals surface area contributed by atoms with Gasteiger partial charge in [-0.15, -0.1) is 0 Å². The second kappa shape index (κ2) is 7.39. The van der Waals surface area contributed by atoms with Gasteiger partial charge in [0.1, 0.15) is 0 Å². The Bertz CT molecular complexity index is 398. The van der Waals surface area contributed by atoms with E-state index in [-0.39, 0.29) is 11.9 Å². The summed E-state index contributed by atoms with van der Waals surface area (Å²) in [7, 11) is 0. The molecule has 5 heteroatoms. The molecule has 0 fully saturated rings. The van der Waals surface area contributed by atoms with Gasteiger partial charge in [-0.3, -0.25) is 4.79 Å². The lowest BCUT2D eigenvalue weighted by molar-refractivity contribution is 0.0935. The third kappa shape index (κ3) is 4.60. The molecule has 1 aromatic rings. The molecule has 0 aromatic heterocycles. The van der Waals surface area contributed by atoms with Gasteiger partial charge in [-0.05, 0) is 31.0 Å². The van der Waals surface area contributed by atoms with E-state index in [1.54, 1.807) is 12.1 Å². The number of benzene rings is 1. The molecule has 2 nitrogen and oxygen atoms in total. The van der Waals surface area contributed by atoms with Crippen molar-refractivity contribution < 1.29 is 4.79 Å².